The predicted molar refractivity (Wildman–Crippen MR) is 88.5 cm³/mol. The zero-order valence-corrected chi connectivity index (χ0v) is 13.0. The molecule has 0 aliphatic carbocycles. The maximum atomic E-state index is 5.88. The SMILES string of the molecule is Cc1ccc(C(N)=S)c(N2CCC(N3CCCC3)C2)c1. The molecule has 1 aromatic carbocycles. The van der Waals surface area contributed by atoms with Crippen molar-refractivity contribution in [2.24, 2.45) is 5.73 Å². The smallest absolute Gasteiger partial charge is 0.106 e. The Morgan fingerprint density at radius 3 is 2.70 bits per heavy atom. The third-order valence-corrected chi connectivity index (χ3v) is 4.80. The number of benzene rings is 1. The fourth-order valence-corrected chi connectivity index (χ4v) is 3.65. The first-order valence-corrected chi connectivity index (χ1v) is 7.95. The number of anilines is 1. The molecule has 2 saturated heterocycles. The highest BCUT2D eigenvalue weighted by Gasteiger charge is 2.30. The lowest BCUT2D eigenvalue weighted by atomic mass is 10.1. The van der Waals surface area contributed by atoms with Crippen molar-refractivity contribution in [1.82, 2.24) is 4.90 Å². The number of hydrogen-bond acceptors (Lipinski definition) is 3. The number of nitrogens with two attached hydrogens (primary N) is 1. The Morgan fingerprint density at radius 1 is 1.25 bits per heavy atom. The van der Waals surface area contributed by atoms with Gasteiger partial charge in [0.05, 0.1) is 0 Å². The summed E-state index contributed by atoms with van der Waals surface area (Å²) in [5.41, 5.74) is 9.39. The lowest BCUT2D eigenvalue weighted by molar-refractivity contribution is 0.260. The first kappa shape index (κ1) is 13.8. The normalized spacial score (nSPS) is 23.4. The molecule has 1 aromatic rings. The van der Waals surface area contributed by atoms with Gasteiger partial charge in [-0.25, -0.2) is 0 Å². The van der Waals surface area contributed by atoms with Crippen LogP contribution in [0.3, 0.4) is 0 Å². The van der Waals surface area contributed by atoms with Gasteiger partial charge >= 0.3 is 0 Å². The van der Waals surface area contributed by atoms with Gasteiger partial charge in [0.2, 0.25) is 0 Å². The molecule has 3 nitrogen and oxygen atoms in total. The van der Waals surface area contributed by atoms with E-state index in [1.807, 2.05) is 0 Å². The molecule has 2 fully saturated rings. The van der Waals surface area contributed by atoms with E-state index in [-0.39, 0.29) is 0 Å². The number of likely N-dealkylation sites (tertiary alicyclic amines) is 1. The molecule has 0 aromatic heterocycles. The monoisotopic (exact) mass is 289 g/mol. The van der Waals surface area contributed by atoms with Gasteiger partial charge in [-0.15, -0.1) is 0 Å². The van der Waals surface area contributed by atoms with Crippen LogP contribution in [0.1, 0.15) is 30.4 Å². The van der Waals surface area contributed by atoms with Crippen molar-refractivity contribution in [3.8, 4) is 0 Å². The summed E-state index contributed by atoms with van der Waals surface area (Å²) in [7, 11) is 0. The molecular weight excluding hydrogens is 266 g/mol. The molecule has 20 heavy (non-hydrogen) atoms. The van der Waals surface area contributed by atoms with Crippen LogP contribution < -0.4 is 10.6 Å². The van der Waals surface area contributed by atoms with Gasteiger partial charge < -0.3 is 10.6 Å². The number of rotatable bonds is 3. The van der Waals surface area contributed by atoms with Crippen molar-refractivity contribution in [2.75, 3.05) is 31.1 Å². The van der Waals surface area contributed by atoms with Gasteiger partial charge in [0.1, 0.15) is 4.99 Å². The first-order chi connectivity index (χ1) is 9.65. The van der Waals surface area contributed by atoms with Crippen LogP contribution in [-0.2, 0) is 0 Å². The number of hydrogen-bond donors (Lipinski definition) is 1. The van der Waals surface area contributed by atoms with E-state index < -0.39 is 0 Å². The van der Waals surface area contributed by atoms with Gasteiger partial charge in [0.15, 0.2) is 0 Å². The molecule has 108 valence electrons. The van der Waals surface area contributed by atoms with Crippen molar-refractivity contribution in [1.29, 1.82) is 0 Å². The first-order valence-electron chi connectivity index (χ1n) is 7.54. The van der Waals surface area contributed by atoms with E-state index in [1.54, 1.807) is 0 Å². The molecule has 0 spiro atoms. The number of aryl methyl sites for hydroxylation is 1. The fourth-order valence-electron chi connectivity index (χ4n) is 3.48. The summed E-state index contributed by atoms with van der Waals surface area (Å²) >= 11 is 5.21. The lowest BCUT2D eigenvalue weighted by Crippen LogP contribution is -2.35. The molecule has 2 N–H and O–H groups in total. The Hall–Kier alpha value is -1.13. The molecule has 1 unspecified atom stereocenters. The van der Waals surface area contributed by atoms with Crippen molar-refractivity contribution in [2.45, 2.75) is 32.2 Å². The Kier molecular flexibility index (Phi) is 3.94. The van der Waals surface area contributed by atoms with Crippen LogP contribution in [0.25, 0.3) is 0 Å². The van der Waals surface area contributed by atoms with Gasteiger partial charge in [-0.1, -0.05) is 18.3 Å². The maximum Gasteiger partial charge on any atom is 0.106 e. The van der Waals surface area contributed by atoms with Crippen LogP contribution in [0.15, 0.2) is 18.2 Å². The Balaban J connectivity index is 1.80. The minimum absolute atomic E-state index is 0.504. The molecular formula is C16H23N3S. The summed E-state index contributed by atoms with van der Waals surface area (Å²) in [5, 5.41) is 0. The second-order valence-corrected chi connectivity index (χ2v) is 6.46. The highest BCUT2D eigenvalue weighted by molar-refractivity contribution is 7.80. The minimum Gasteiger partial charge on any atom is -0.389 e. The predicted octanol–water partition coefficient (Wildman–Crippen LogP) is 2.30. The summed E-state index contributed by atoms with van der Waals surface area (Å²) in [5.74, 6) is 0. The third kappa shape index (κ3) is 2.67. The van der Waals surface area contributed by atoms with E-state index in [0.717, 1.165) is 18.7 Å². The molecule has 3 rings (SSSR count). The van der Waals surface area contributed by atoms with Crippen LogP contribution in [0.4, 0.5) is 5.69 Å². The van der Waals surface area contributed by atoms with E-state index in [2.05, 4.69) is 34.9 Å². The summed E-state index contributed by atoms with van der Waals surface area (Å²) < 4.78 is 0. The molecule has 4 heteroatoms. The van der Waals surface area contributed by atoms with E-state index in [4.69, 9.17) is 18.0 Å². The number of nitrogens with zero attached hydrogens (tertiary/aromatic N) is 2. The van der Waals surface area contributed by atoms with Gasteiger partial charge in [-0.05, 0) is 57.0 Å². The number of thiocarbonyl (C=S) groups is 1. The fraction of sp³-hybridized carbons (Fsp3) is 0.562. The summed E-state index contributed by atoms with van der Waals surface area (Å²) in [6, 6.07) is 7.08. The van der Waals surface area contributed by atoms with Crippen molar-refractivity contribution >= 4 is 22.9 Å². The molecule has 0 bridgehead atoms. The standard InChI is InChI=1S/C16H23N3S/c1-12-4-5-14(16(17)20)15(10-12)19-9-6-13(11-19)18-7-2-3-8-18/h4-5,10,13H,2-3,6-9,11H2,1H3,(H2,17,20). The van der Waals surface area contributed by atoms with Gasteiger partial charge in [0.25, 0.3) is 0 Å². The highest BCUT2D eigenvalue weighted by Crippen LogP contribution is 2.28. The zero-order valence-electron chi connectivity index (χ0n) is 12.1. The third-order valence-electron chi connectivity index (χ3n) is 4.58. The molecule has 2 aliphatic heterocycles. The van der Waals surface area contributed by atoms with Crippen LogP contribution in [0.5, 0.6) is 0 Å². The highest BCUT2D eigenvalue weighted by atomic mass is 32.1. The van der Waals surface area contributed by atoms with E-state index in [0.29, 0.717) is 11.0 Å². The second-order valence-electron chi connectivity index (χ2n) is 6.02. The van der Waals surface area contributed by atoms with Crippen molar-refractivity contribution in [3.63, 3.8) is 0 Å². The van der Waals surface area contributed by atoms with E-state index >= 15 is 0 Å². The van der Waals surface area contributed by atoms with Crippen molar-refractivity contribution in [3.05, 3.63) is 29.3 Å². The second kappa shape index (κ2) is 5.70. The van der Waals surface area contributed by atoms with Crippen molar-refractivity contribution < 1.29 is 0 Å². The van der Waals surface area contributed by atoms with E-state index in [1.165, 1.54) is 43.6 Å². The Morgan fingerprint density at radius 2 is 2.00 bits per heavy atom. The summed E-state index contributed by atoms with van der Waals surface area (Å²) in [4.78, 5) is 5.62. The summed E-state index contributed by atoms with van der Waals surface area (Å²) in [6.07, 6.45) is 3.98. The van der Waals surface area contributed by atoms with Crippen LogP contribution >= 0.6 is 12.2 Å². The van der Waals surface area contributed by atoms with Gasteiger partial charge in [-0.2, -0.15) is 0 Å². The van der Waals surface area contributed by atoms with Crippen LogP contribution in [0, 0.1) is 6.92 Å². The van der Waals surface area contributed by atoms with Crippen LogP contribution in [0.2, 0.25) is 0 Å². The average molecular weight is 289 g/mol. The van der Waals surface area contributed by atoms with E-state index in [9.17, 15) is 0 Å². The topological polar surface area (TPSA) is 32.5 Å². The van der Waals surface area contributed by atoms with Crippen LogP contribution in [-0.4, -0.2) is 42.1 Å². The average Bonchev–Trinajstić information content (AvgIpc) is 3.09. The lowest BCUT2D eigenvalue weighted by Gasteiger charge is -2.26. The largest absolute Gasteiger partial charge is 0.389 e. The Bertz CT molecular complexity index is 508. The van der Waals surface area contributed by atoms with Gasteiger partial charge in [0, 0.05) is 30.4 Å². The molecule has 0 radical (unpaired) electrons. The molecule has 0 amide bonds. The molecule has 0 saturated carbocycles. The zero-order chi connectivity index (χ0) is 14.1. The Labute approximate surface area is 126 Å². The summed E-state index contributed by atoms with van der Waals surface area (Å²) in [6.45, 7) is 6.89. The molecule has 2 heterocycles. The molecule has 2 aliphatic rings. The van der Waals surface area contributed by atoms with Gasteiger partial charge in [-0.3, -0.25) is 4.90 Å². The maximum absolute atomic E-state index is 5.88. The quantitative estimate of drug-likeness (QED) is 0.866. The minimum atomic E-state index is 0.504. The molecule has 1 atom stereocenters.